The van der Waals surface area contributed by atoms with E-state index < -0.39 is 0 Å². The van der Waals surface area contributed by atoms with E-state index in [0.717, 1.165) is 12.2 Å². The molecule has 1 rings (SSSR count). The first-order valence-electron chi connectivity index (χ1n) is 4.70. The molecule has 2 heteroatoms. The maximum Gasteiger partial charge on any atom is 0.106 e. The summed E-state index contributed by atoms with van der Waals surface area (Å²) < 4.78 is 0.0129. The van der Waals surface area contributed by atoms with E-state index >= 15 is 0 Å². The van der Waals surface area contributed by atoms with Crippen LogP contribution >= 0.6 is 11.8 Å². The van der Waals surface area contributed by atoms with Crippen LogP contribution in [-0.4, -0.2) is 10.5 Å². The second-order valence-electron chi connectivity index (χ2n) is 4.02. The Kier molecular flexibility index (Phi) is 3.06. The summed E-state index contributed by atoms with van der Waals surface area (Å²) in [5, 5.41) is 9.00. The summed E-state index contributed by atoms with van der Waals surface area (Å²) in [6.45, 7) is 6.60. The fourth-order valence-corrected chi connectivity index (χ4v) is 2.86. The average Bonchev–Trinajstić information content (AvgIpc) is 2.76. The molecule has 1 aliphatic carbocycles. The third kappa shape index (κ3) is 1.95. The maximum absolute atomic E-state index is 9.00. The van der Waals surface area contributed by atoms with Gasteiger partial charge in [-0.15, -0.1) is 11.8 Å². The molecule has 0 heterocycles. The van der Waals surface area contributed by atoms with Gasteiger partial charge in [-0.1, -0.05) is 27.2 Å². The maximum atomic E-state index is 9.00. The zero-order chi connectivity index (χ0) is 9.19. The van der Waals surface area contributed by atoms with E-state index in [1.54, 1.807) is 0 Å². The summed E-state index contributed by atoms with van der Waals surface area (Å²) in [6, 6.07) is 2.47. The Morgan fingerprint density at radius 3 is 2.67 bits per heavy atom. The summed E-state index contributed by atoms with van der Waals surface area (Å²) in [6.07, 6.45) is 2.29. The summed E-state index contributed by atoms with van der Waals surface area (Å²) >= 11 is 1.87. The second-order valence-corrected chi connectivity index (χ2v) is 5.37. The molecule has 0 saturated heterocycles. The van der Waals surface area contributed by atoms with Gasteiger partial charge in [-0.05, 0) is 24.0 Å². The van der Waals surface area contributed by atoms with Crippen LogP contribution in [0.3, 0.4) is 0 Å². The fourth-order valence-electron chi connectivity index (χ4n) is 1.44. The van der Waals surface area contributed by atoms with Gasteiger partial charge in [-0.25, -0.2) is 0 Å². The van der Waals surface area contributed by atoms with E-state index in [0.29, 0.717) is 11.8 Å². The largest absolute Gasteiger partial charge is 0.197 e. The van der Waals surface area contributed by atoms with E-state index in [1.165, 1.54) is 6.42 Å². The quantitative estimate of drug-likeness (QED) is 0.669. The van der Waals surface area contributed by atoms with Crippen molar-refractivity contribution in [3.63, 3.8) is 0 Å². The third-order valence-corrected chi connectivity index (χ3v) is 4.35. The van der Waals surface area contributed by atoms with Gasteiger partial charge in [0.25, 0.3) is 0 Å². The zero-order valence-corrected chi connectivity index (χ0v) is 8.95. The smallest absolute Gasteiger partial charge is 0.106 e. The van der Waals surface area contributed by atoms with E-state index in [4.69, 9.17) is 5.26 Å². The molecule has 1 aliphatic rings. The minimum absolute atomic E-state index is 0.0129. The molecule has 0 aromatic rings. The predicted molar refractivity (Wildman–Crippen MR) is 54.0 cm³/mol. The Hall–Kier alpha value is -0.160. The lowest BCUT2D eigenvalue weighted by Gasteiger charge is -2.09. The first-order chi connectivity index (χ1) is 5.64. The van der Waals surface area contributed by atoms with Gasteiger partial charge < -0.3 is 0 Å². The van der Waals surface area contributed by atoms with Crippen LogP contribution in [0.15, 0.2) is 0 Å². The van der Waals surface area contributed by atoms with E-state index in [-0.39, 0.29) is 4.75 Å². The average molecular weight is 183 g/mol. The zero-order valence-electron chi connectivity index (χ0n) is 8.13. The number of hydrogen-bond donors (Lipinski definition) is 0. The van der Waals surface area contributed by atoms with Gasteiger partial charge in [-0.3, -0.25) is 0 Å². The molecule has 0 spiro atoms. The highest BCUT2D eigenvalue weighted by atomic mass is 32.2. The molecule has 68 valence electrons. The number of nitriles is 1. The Morgan fingerprint density at radius 2 is 2.33 bits per heavy atom. The molecule has 2 atom stereocenters. The monoisotopic (exact) mass is 183 g/mol. The molecular formula is C10H17NS. The molecule has 0 aromatic heterocycles. The van der Waals surface area contributed by atoms with Crippen molar-refractivity contribution in [2.75, 3.05) is 5.75 Å². The lowest BCUT2D eigenvalue weighted by atomic mass is 10.3. The van der Waals surface area contributed by atoms with Gasteiger partial charge in [0.2, 0.25) is 0 Å². The van der Waals surface area contributed by atoms with Gasteiger partial charge in [0, 0.05) is 0 Å². The van der Waals surface area contributed by atoms with Gasteiger partial charge in [0.05, 0.1) is 6.07 Å². The summed E-state index contributed by atoms with van der Waals surface area (Å²) in [5.74, 6) is 2.51. The molecule has 0 aromatic carbocycles. The Balaban J connectivity index is 2.35. The summed E-state index contributed by atoms with van der Waals surface area (Å²) in [7, 11) is 0. The topological polar surface area (TPSA) is 23.8 Å². The minimum Gasteiger partial charge on any atom is -0.197 e. The number of nitrogens with zero attached hydrogens (tertiary/aromatic N) is 1. The third-order valence-electron chi connectivity index (χ3n) is 2.41. The van der Waals surface area contributed by atoms with Crippen LogP contribution in [0.1, 0.15) is 33.6 Å². The molecule has 1 saturated carbocycles. The highest BCUT2D eigenvalue weighted by Crippen LogP contribution is 2.55. The minimum atomic E-state index is 0.0129. The van der Waals surface area contributed by atoms with Crippen LogP contribution in [0, 0.1) is 23.2 Å². The molecule has 0 aliphatic heterocycles. The molecule has 12 heavy (non-hydrogen) atoms. The number of thioether (sulfide) groups is 1. The Labute approximate surface area is 79.5 Å². The van der Waals surface area contributed by atoms with Crippen LogP contribution in [0.5, 0.6) is 0 Å². The van der Waals surface area contributed by atoms with E-state index in [9.17, 15) is 0 Å². The number of rotatable bonds is 4. The van der Waals surface area contributed by atoms with Crippen LogP contribution < -0.4 is 0 Å². The van der Waals surface area contributed by atoms with Crippen molar-refractivity contribution >= 4 is 11.8 Å². The normalized spacial score (nSPS) is 33.4. The molecule has 0 N–H and O–H groups in total. The van der Waals surface area contributed by atoms with Crippen LogP contribution in [-0.2, 0) is 0 Å². The first-order valence-corrected chi connectivity index (χ1v) is 5.68. The van der Waals surface area contributed by atoms with Crippen LogP contribution in [0.25, 0.3) is 0 Å². The number of hydrogen-bond acceptors (Lipinski definition) is 2. The van der Waals surface area contributed by atoms with Crippen molar-refractivity contribution in [2.24, 2.45) is 11.8 Å². The lowest BCUT2D eigenvalue weighted by Crippen LogP contribution is -2.06. The molecular weight excluding hydrogens is 166 g/mol. The van der Waals surface area contributed by atoms with Crippen molar-refractivity contribution in [1.29, 1.82) is 5.26 Å². The summed E-state index contributed by atoms with van der Waals surface area (Å²) in [4.78, 5) is 0. The fraction of sp³-hybridized carbons (Fsp3) is 0.900. The molecule has 2 unspecified atom stereocenters. The molecule has 0 radical (unpaired) electrons. The van der Waals surface area contributed by atoms with Crippen molar-refractivity contribution in [1.82, 2.24) is 0 Å². The van der Waals surface area contributed by atoms with E-state index in [1.807, 2.05) is 11.8 Å². The lowest BCUT2D eigenvalue weighted by molar-refractivity contribution is 0.741. The van der Waals surface area contributed by atoms with Gasteiger partial charge in [0.15, 0.2) is 0 Å². The van der Waals surface area contributed by atoms with Gasteiger partial charge in [-0.2, -0.15) is 5.26 Å². The van der Waals surface area contributed by atoms with Crippen molar-refractivity contribution in [2.45, 2.75) is 38.4 Å². The molecule has 1 fully saturated rings. The van der Waals surface area contributed by atoms with Crippen molar-refractivity contribution in [3.05, 3.63) is 0 Å². The van der Waals surface area contributed by atoms with Crippen molar-refractivity contribution in [3.8, 4) is 6.07 Å². The summed E-state index contributed by atoms with van der Waals surface area (Å²) in [5.41, 5.74) is 0. The van der Waals surface area contributed by atoms with Crippen LogP contribution in [0.2, 0.25) is 0 Å². The predicted octanol–water partition coefficient (Wildman–Crippen LogP) is 3.07. The van der Waals surface area contributed by atoms with Gasteiger partial charge in [0.1, 0.15) is 4.75 Å². The SMILES string of the molecule is CCC1CC1(C#N)SCC(C)C. The first kappa shape index (κ1) is 9.92. The Morgan fingerprint density at radius 1 is 1.67 bits per heavy atom. The van der Waals surface area contributed by atoms with Gasteiger partial charge >= 0.3 is 0 Å². The molecule has 0 amide bonds. The van der Waals surface area contributed by atoms with Crippen molar-refractivity contribution < 1.29 is 0 Å². The van der Waals surface area contributed by atoms with Crippen LogP contribution in [0.4, 0.5) is 0 Å². The molecule has 1 nitrogen and oxygen atoms in total. The Bertz CT molecular complexity index is 195. The second kappa shape index (κ2) is 3.70. The standard InChI is InChI=1S/C10H17NS/c1-4-9-5-10(9,7-11)12-6-8(2)3/h8-9H,4-6H2,1-3H3. The highest BCUT2D eigenvalue weighted by Gasteiger charge is 2.54. The molecule has 0 bridgehead atoms. The van der Waals surface area contributed by atoms with E-state index in [2.05, 4.69) is 26.8 Å². The highest BCUT2D eigenvalue weighted by molar-refractivity contribution is 8.01.